The summed E-state index contributed by atoms with van der Waals surface area (Å²) in [5, 5.41) is 9.06. The van der Waals surface area contributed by atoms with Gasteiger partial charge >= 0.3 is 0 Å². The second-order valence-electron chi connectivity index (χ2n) is 3.80. The van der Waals surface area contributed by atoms with Crippen molar-refractivity contribution in [2.75, 3.05) is 12.9 Å². The van der Waals surface area contributed by atoms with E-state index in [1.165, 1.54) is 19.2 Å². The quantitative estimate of drug-likeness (QED) is 0.844. The van der Waals surface area contributed by atoms with Crippen LogP contribution in [0.3, 0.4) is 0 Å². The fraction of sp³-hybridized carbons (Fsp3) is 0.500. The van der Waals surface area contributed by atoms with E-state index in [4.69, 9.17) is 9.84 Å². The van der Waals surface area contributed by atoms with E-state index in [1.807, 2.05) is 6.92 Å². The predicted molar refractivity (Wildman–Crippen MR) is 65.9 cm³/mol. The molecule has 96 valence electrons. The van der Waals surface area contributed by atoms with Gasteiger partial charge in [0.2, 0.25) is 0 Å². The van der Waals surface area contributed by atoms with E-state index in [0.29, 0.717) is 17.7 Å². The molecule has 0 heterocycles. The number of hydrogen-bond donors (Lipinski definition) is 1. The van der Waals surface area contributed by atoms with E-state index in [-0.39, 0.29) is 17.3 Å². The Morgan fingerprint density at radius 3 is 2.59 bits per heavy atom. The van der Waals surface area contributed by atoms with E-state index < -0.39 is 9.84 Å². The molecule has 4 nitrogen and oxygen atoms in total. The minimum absolute atomic E-state index is 0.144. The van der Waals surface area contributed by atoms with Gasteiger partial charge in [0.05, 0.1) is 24.4 Å². The summed E-state index contributed by atoms with van der Waals surface area (Å²) in [5.41, 5.74) is 0.585. The number of rotatable bonds is 6. The smallest absolute Gasteiger partial charge is 0.178 e. The van der Waals surface area contributed by atoms with E-state index in [0.717, 1.165) is 6.42 Å². The molecule has 0 aliphatic heterocycles. The van der Waals surface area contributed by atoms with Gasteiger partial charge in [0.25, 0.3) is 0 Å². The topological polar surface area (TPSA) is 63.6 Å². The zero-order valence-electron chi connectivity index (χ0n) is 10.1. The van der Waals surface area contributed by atoms with Crippen molar-refractivity contribution in [1.29, 1.82) is 0 Å². The Kier molecular flexibility index (Phi) is 4.96. The number of aliphatic hydroxyl groups is 1. The third-order valence-electron chi connectivity index (χ3n) is 2.55. The predicted octanol–water partition coefficient (Wildman–Crippen LogP) is 1.76. The normalized spacial score (nSPS) is 11.5. The molecule has 0 unspecified atom stereocenters. The van der Waals surface area contributed by atoms with Crippen molar-refractivity contribution in [2.45, 2.75) is 31.3 Å². The van der Waals surface area contributed by atoms with Gasteiger partial charge in [0, 0.05) is 5.56 Å². The fourth-order valence-corrected chi connectivity index (χ4v) is 2.97. The molecule has 0 saturated carbocycles. The van der Waals surface area contributed by atoms with Gasteiger partial charge in [0.1, 0.15) is 5.75 Å². The molecule has 1 aromatic rings. The highest BCUT2D eigenvalue weighted by atomic mass is 32.2. The third-order valence-corrected chi connectivity index (χ3v) is 4.35. The van der Waals surface area contributed by atoms with E-state index >= 15 is 0 Å². The van der Waals surface area contributed by atoms with Crippen LogP contribution >= 0.6 is 0 Å². The molecule has 0 aliphatic carbocycles. The Balaban J connectivity index is 3.07. The van der Waals surface area contributed by atoms with Crippen molar-refractivity contribution in [1.82, 2.24) is 0 Å². The maximum Gasteiger partial charge on any atom is 0.178 e. The lowest BCUT2D eigenvalue weighted by Crippen LogP contribution is -2.07. The lowest BCUT2D eigenvalue weighted by molar-refractivity contribution is 0.273. The number of hydrogen-bond acceptors (Lipinski definition) is 4. The number of aliphatic hydroxyl groups excluding tert-OH is 1. The van der Waals surface area contributed by atoms with Gasteiger partial charge in [0.15, 0.2) is 9.84 Å². The summed E-state index contributed by atoms with van der Waals surface area (Å²) in [7, 11) is -1.79. The Morgan fingerprint density at radius 2 is 2.06 bits per heavy atom. The van der Waals surface area contributed by atoms with Crippen molar-refractivity contribution in [3.63, 3.8) is 0 Å². The first-order valence-electron chi connectivity index (χ1n) is 5.55. The molecule has 0 bridgehead atoms. The number of sulfone groups is 1. The Morgan fingerprint density at radius 1 is 1.35 bits per heavy atom. The maximum atomic E-state index is 11.9. The molecule has 0 radical (unpaired) electrons. The van der Waals surface area contributed by atoms with E-state index in [1.54, 1.807) is 6.07 Å². The molecular weight excluding hydrogens is 240 g/mol. The first kappa shape index (κ1) is 14.0. The van der Waals surface area contributed by atoms with Crippen LogP contribution in [0.15, 0.2) is 23.1 Å². The van der Waals surface area contributed by atoms with Gasteiger partial charge in [-0.05, 0) is 18.6 Å². The fourth-order valence-electron chi connectivity index (χ4n) is 1.50. The van der Waals surface area contributed by atoms with Crippen LogP contribution in [-0.2, 0) is 16.4 Å². The average molecular weight is 258 g/mol. The van der Waals surface area contributed by atoms with Crippen molar-refractivity contribution in [3.8, 4) is 5.75 Å². The number of benzene rings is 1. The highest BCUT2D eigenvalue weighted by molar-refractivity contribution is 7.91. The molecule has 17 heavy (non-hydrogen) atoms. The lowest BCUT2D eigenvalue weighted by atomic mass is 10.2. The maximum absolute atomic E-state index is 11.9. The summed E-state index contributed by atoms with van der Waals surface area (Å²) < 4.78 is 28.9. The second kappa shape index (κ2) is 6.02. The van der Waals surface area contributed by atoms with E-state index in [9.17, 15) is 8.42 Å². The minimum atomic E-state index is -3.24. The molecule has 0 aliphatic rings. The first-order valence-corrected chi connectivity index (χ1v) is 7.21. The van der Waals surface area contributed by atoms with Gasteiger partial charge in [-0.25, -0.2) is 8.42 Å². The Bertz CT molecular complexity index is 465. The molecule has 0 fully saturated rings. The van der Waals surface area contributed by atoms with Gasteiger partial charge in [-0.15, -0.1) is 0 Å². The highest BCUT2D eigenvalue weighted by Crippen LogP contribution is 2.24. The third kappa shape index (κ3) is 3.44. The van der Waals surface area contributed by atoms with Gasteiger partial charge in [-0.1, -0.05) is 19.4 Å². The largest absolute Gasteiger partial charge is 0.496 e. The van der Waals surface area contributed by atoms with Gasteiger partial charge in [-0.2, -0.15) is 0 Å². The molecule has 0 atom stereocenters. The first-order chi connectivity index (χ1) is 8.05. The zero-order valence-corrected chi connectivity index (χ0v) is 11.0. The molecule has 0 aromatic heterocycles. The minimum Gasteiger partial charge on any atom is -0.496 e. The number of unbranched alkanes of at least 4 members (excludes halogenated alkanes) is 1. The standard InChI is InChI=1S/C12H18O4S/c1-3-4-7-17(14,15)11-6-5-10(9-13)12(8-11)16-2/h5-6,8,13H,3-4,7,9H2,1-2H3. The molecular formula is C12H18O4S. The Hall–Kier alpha value is -1.07. The van der Waals surface area contributed by atoms with Crippen molar-refractivity contribution < 1.29 is 18.3 Å². The SMILES string of the molecule is CCCCS(=O)(=O)c1ccc(CO)c(OC)c1. The van der Waals surface area contributed by atoms with Crippen LogP contribution in [0, 0.1) is 0 Å². The van der Waals surface area contributed by atoms with E-state index in [2.05, 4.69) is 0 Å². The van der Waals surface area contributed by atoms with Crippen LogP contribution in [0.2, 0.25) is 0 Å². The number of methoxy groups -OCH3 is 1. The monoisotopic (exact) mass is 258 g/mol. The zero-order chi connectivity index (χ0) is 12.9. The highest BCUT2D eigenvalue weighted by Gasteiger charge is 2.15. The number of ether oxygens (including phenoxy) is 1. The molecule has 0 saturated heterocycles. The van der Waals surface area contributed by atoms with Gasteiger partial charge in [-0.3, -0.25) is 0 Å². The molecule has 0 spiro atoms. The summed E-state index contributed by atoms with van der Waals surface area (Å²) in [6.07, 6.45) is 1.48. The van der Waals surface area contributed by atoms with Crippen LogP contribution in [0.1, 0.15) is 25.3 Å². The van der Waals surface area contributed by atoms with Crippen molar-refractivity contribution >= 4 is 9.84 Å². The summed E-state index contributed by atoms with van der Waals surface area (Å²) in [5.74, 6) is 0.551. The van der Waals surface area contributed by atoms with Crippen LogP contribution < -0.4 is 4.74 Å². The molecule has 1 N–H and O–H groups in total. The molecule has 5 heteroatoms. The summed E-state index contributed by atoms with van der Waals surface area (Å²) in [6, 6.07) is 4.56. The molecule has 1 rings (SSSR count). The van der Waals surface area contributed by atoms with Crippen molar-refractivity contribution in [2.24, 2.45) is 0 Å². The molecule has 0 amide bonds. The average Bonchev–Trinajstić information content (AvgIpc) is 2.35. The summed E-state index contributed by atoms with van der Waals surface area (Å²) >= 11 is 0. The van der Waals surface area contributed by atoms with Crippen LogP contribution in [0.4, 0.5) is 0 Å². The second-order valence-corrected chi connectivity index (χ2v) is 5.91. The summed E-state index contributed by atoms with van der Waals surface area (Å²) in [4.78, 5) is 0.250. The lowest BCUT2D eigenvalue weighted by Gasteiger charge is -2.09. The summed E-state index contributed by atoms with van der Waals surface area (Å²) in [6.45, 7) is 1.78. The van der Waals surface area contributed by atoms with Crippen LogP contribution in [0.5, 0.6) is 5.75 Å². The van der Waals surface area contributed by atoms with Gasteiger partial charge < -0.3 is 9.84 Å². The Labute approximate surface area is 102 Å². The van der Waals surface area contributed by atoms with Crippen LogP contribution in [0.25, 0.3) is 0 Å². The molecule has 1 aromatic carbocycles. The van der Waals surface area contributed by atoms with Crippen molar-refractivity contribution in [3.05, 3.63) is 23.8 Å². The van der Waals surface area contributed by atoms with Crippen LogP contribution in [-0.4, -0.2) is 26.4 Å².